The highest BCUT2D eigenvalue weighted by molar-refractivity contribution is 6.30. The molecule has 1 aromatic carbocycles. The lowest BCUT2D eigenvalue weighted by atomic mass is 9.74. The van der Waals surface area contributed by atoms with Crippen LogP contribution in [-0.4, -0.2) is 40.5 Å². The van der Waals surface area contributed by atoms with Gasteiger partial charge in [-0.1, -0.05) is 11.6 Å². The van der Waals surface area contributed by atoms with Gasteiger partial charge in [0.2, 0.25) is 5.91 Å². The van der Waals surface area contributed by atoms with Crippen LogP contribution in [0.5, 0.6) is 0 Å². The first-order valence-electron chi connectivity index (χ1n) is 12.0. The number of benzene rings is 1. The molecule has 0 aromatic heterocycles. The highest BCUT2D eigenvalue weighted by Gasteiger charge is 2.59. The van der Waals surface area contributed by atoms with E-state index in [2.05, 4.69) is 10.6 Å². The summed E-state index contributed by atoms with van der Waals surface area (Å²) >= 11 is 5.95. The lowest BCUT2D eigenvalue weighted by molar-refractivity contribution is -0.127. The van der Waals surface area contributed by atoms with Crippen molar-refractivity contribution in [1.82, 2.24) is 10.6 Å². The van der Waals surface area contributed by atoms with Crippen molar-refractivity contribution in [2.45, 2.75) is 95.2 Å². The summed E-state index contributed by atoms with van der Waals surface area (Å²) in [5, 5.41) is 15.5. The number of nitrogens with one attached hydrogen (secondary N) is 2. The van der Waals surface area contributed by atoms with Crippen LogP contribution in [-0.2, 0) is 9.53 Å². The van der Waals surface area contributed by atoms with Crippen LogP contribution >= 0.6 is 11.6 Å². The zero-order chi connectivity index (χ0) is 25.8. The number of rotatable bonds is 5. The predicted molar refractivity (Wildman–Crippen MR) is 123 cm³/mol. The van der Waals surface area contributed by atoms with Gasteiger partial charge in [-0.15, -0.1) is 0 Å². The van der Waals surface area contributed by atoms with Crippen LogP contribution in [0.3, 0.4) is 0 Å². The van der Waals surface area contributed by atoms with E-state index in [-0.39, 0.29) is 42.7 Å². The molecule has 35 heavy (non-hydrogen) atoms. The second-order valence-corrected chi connectivity index (χ2v) is 11.8. The minimum Gasteiger partial charge on any atom is -0.444 e. The summed E-state index contributed by atoms with van der Waals surface area (Å²) in [6.45, 7) is 5.12. The third kappa shape index (κ3) is 5.26. The molecular formula is C25H32ClF3N2O4. The van der Waals surface area contributed by atoms with Gasteiger partial charge in [0.1, 0.15) is 22.9 Å². The van der Waals surface area contributed by atoms with E-state index in [1.165, 1.54) is 0 Å². The second-order valence-electron chi connectivity index (χ2n) is 11.4. The van der Waals surface area contributed by atoms with E-state index in [9.17, 15) is 19.1 Å². The fourth-order valence-electron chi connectivity index (χ4n) is 6.01. The molecule has 2 bridgehead atoms. The first kappa shape index (κ1) is 26.1. The van der Waals surface area contributed by atoms with E-state index < -0.39 is 64.4 Å². The van der Waals surface area contributed by atoms with E-state index >= 15 is 8.78 Å². The molecule has 194 valence electrons. The van der Waals surface area contributed by atoms with Gasteiger partial charge in [-0.3, -0.25) is 4.79 Å². The number of hydrogen-bond donors (Lipinski definition) is 3. The normalized spacial score (nSPS) is 33.0. The summed E-state index contributed by atoms with van der Waals surface area (Å²) in [5.74, 6) is -3.05. The number of aliphatic hydroxyl groups excluding tert-OH is 1. The maximum atomic E-state index is 15.1. The summed E-state index contributed by atoms with van der Waals surface area (Å²) in [6, 6.07) is 0.329. The average molecular weight is 517 g/mol. The molecule has 0 heterocycles. The van der Waals surface area contributed by atoms with E-state index in [4.69, 9.17) is 16.3 Å². The van der Waals surface area contributed by atoms with Gasteiger partial charge in [0.15, 0.2) is 0 Å². The van der Waals surface area contributed by atoms with Gasteiger partial charge in [0, 0.05) is 11.5 Å². The molecule has 0 aliphatic heterocycles. The predicted octanol–water partition coefficient (Wildman–Crippen LogP) is 5.11. The molecule has 0 radical (unpaired) electrons. The van der Waals surface area contributed by atoms with E-state index in [0.717, 1.165) is 12.1 Å². The van der Waals surface area contributed by atoms with Crippen LogP contribution in [0.15, 0.2) is 12.1 Å². The molecule has 3 saturated carbocycles. The standard InChI is InChI=1S/C25H32ClF3N2O4/c1-23(2,3)35-22(34)30-16-10-13(11-17(16)32)21(33)31-20(18-15(27)5-4-14(26)19(18)28)24-6-8-25(29,12-24)9-7-24/h4-5,13,16-17,20,32H,6-12H2,1-3H3,(H,30,34)(H,31,33)/t13-,16-,17+,20+,24?,25?/m0/s1. The van der Waals surface area contributed by atoms with Gasteiger partial charge in [0.25, 0.3) is 0 Å². The van der Waals surface area contributed by atoms with Gasteiger partial charge in [0.05, 0.1) is 23.2 Å². The number of ether oxygens (including phenoxy) is 1. The molecule has 3 N–H and O–H groups in total. The lowest BCUT2D eigenvalue weighted by Gasteiger charge is -2.37. The van der Waals surface area contributed by atoms with Gasteiger partial charge in [-0.25, -0.2) is 18.0 Å². The average Bonchev–Trinajstić information content (AvgIpc) is 3.40. The van der Waals surface area contributed by atoms with Crippen LogP contribution < -0.4 is 10.6 Å². The summed E-state index contributed by atoms with van der Waals surface area (Å²) in [6.07, 6.45) is -0.109. The van der Waals surface area contributed by atoms with Crippen molar-refractivity contribution < 1.29 is 32.6 Å². The number of alkyl carbamates (subject to hydrolysis) is 1. The fraction of sp³-hybridized carbons (Fsp3) is 0.680. The van der Waals surface area contributed by atoms with Crippen molar-refractivity contribution in [2.75, 3.05) is 0 Å². The molecule has 3 aliphatic rings. The smallest absolute Gasteiger partial charge is 0.407 e. The third-order valence-corrected chi connectivity index (χ3v) is 7.97. The number of amides is 2. The van der Waals surface area contributed by atoms with Crippen LogP contribution in [0.25, 0.3) is 0 Å². The van der Waals surface area contributed by atoms with E-state index in [1.54, 1.807) is 20.8 Å². The Morgan fingerprint density at radius 2 is 1.83 bits per heavy atom. The molecule has 6 nitrogen and oxygen atoms in total. The summed E-state index contributed by atoms with van der Waals surface area (Å²) < 4.78 is 50.3. The Bertz CT molecular complexity index is 1010. The molecule has 4 atom stereocenters. The molecular weight excluding hydrogens is 485 g/mol. The first-order chi connectivity index (χ1) is 16.2. The quantitative estimate of drug-likeness (QED) is 0.474. The van der Waals surface area contributed by atoms with Crippen molar-refractivity contribution >= 4 is 23.6 Å². The van der Waals surface area contributed by atoms with Crippen LogP contribution in [0, 0.1) is 23.0 Å². The SMILES string of the molecule is CC(C)(C)OC(=O)N[C@H]1C[C@H](C(=O)N[C@H](c2c(F)ccc(Cl)c2F)C23CCC(F)(CC2)C3)C[C@H]1O. The Hall–Kier alpha value is -2.00. The van der Waals surface area contributed by atoms with Gasteiger partial charge in [-0.05, 0) is 83.3 Å². The maximum absolute atomic E-state index is 15.1. The number of hydrogen-bond acceptors (Lipinski definition) is 4. The Balaban J connectivity index is 1.54. The fourth-order valence-corrected chi connectivity index (χ4v) is 6.18. The van der Waals surface area contributed by atoms with Gasteiger partial charge < -0.3 is 20.5 Å². The van der Waals surface area contributed by atoms with Crippen molar-refractivity contribution in [1.29, 1.82) is 0 Å². The summed E-state index contributed by atoms with van der Waals surface area (Å²) in [5.41, 5.74) is -3.32. The summed E-state index contributed by atoms with van der Waals surface area (Å²) in [7, 11) is 0. The van der Waals surface area contributed by atoms with Crippen molar-refractivity contribution in [2.24, 2.45) is 11.3 Å². The highest BCUT2D eigenvalue weighted by atomic mass is 35.5. The molecule has 4 rings (SSSR count). The summed E-state index contributed by atoms with van der Waals surface area (Å²) in [4.78, 5) is 25.4. The molecule has 0 saturated heterocycles. The van der Waals surface area contributed by atoms with Crippen LogP contribution in [0.2, 0.25) is 5.02 Å². The lowest BCUT2D eigenvalue weighted by Crippen LogP contribution is -2.43. The number of halogens is 4. The zero-order valence-corrected chi connectivity index (χ0v) is 20.9. The van der Waals surface area contributed by atoms with Crippen molar-refractivity contribution in [3.63, 3.8) is 0 Å². The highest BCUT2D eigenvalue weighted by Crippen LogP contribution is 2.63. The van der Waals surface area contributed by atoms with E-state index in [1.807, 2.05) is 0 Å². The largest absolute Gasteiger partial charge is 0.444 e. The Morgan fingerprint density at radius 3 is 2.40 bits per heavy atom. The van der Waals surface area contributed by atoms with Crippen molar-refractivity contribution in [3.8, 4) is 0 Å². The minimum absolute atomic E-state index is 0.0551. The topological polar surface area (TPSA) is 87.7 Å². The monoisotopic (exact) mass is 516 g/mol. The molecule has 0 spiro atoms. The number of carbonyl (C=O) groups is 2. The first-order valence-corrected chi connectivity index (χ1v) is 12.4. The molecule has 10 heteroatoms. The van der Waals surface area contributed by atoms with Crippen LogP contribution in [0.4, 0.5) is 18.0 Å². The van der Waals surface area contributed by atoms with Crippen molar-refractivity contribution in [3.05, 3.63) is 34.4 Å². The third-order valence-electron chi connectivity index (χ3n) is 7.68. The number of aliphatic hydroxyl groups is 1. The van der Waals surface area contributed by atoms with Crippen LogP contribution in [0.1, 0.15) is 77.3 Å². The maximum Gasteiger partial charge on any atom is 0.407 e. The van der Waals surface area contributed by atoms with E-state index in [0.29, 0.717) is 12.8 Å². The molecule has 3 fully saturated rings. The Kier molecular flexibility index (Phi) is 6.81. The van der Waals surface area contributed by atoms with Gasteiger partial charge >= 0.3 is 6.09 Å². The minimum atomic E-state index is -1.40. The Morgan fingerprint density at radius 1 is 1.17 bits per heavy atom. The number of fused-ring (bicyclic) bond motifs is 2. The Labute approximate surface area is 207 Å². The number of alkyl halides is 1. The molecule has 3 aliphatic carbocycles. The molecule has 1 aromatic rings. The zero-order valence-electron chi connectivity index (χ0n) is 20.1. The number of carbonyl (C=O) groups excluding carboxylic acids is 2. The second kappa shape index (κ2) is 9.14. The van der Waals surface area contributed by atoms with Gasteiger partial charge in [-0.2, -0.15) is 0 Å². The molecule has 2 amide bonds. The molecule has 0 unspecified atom stereocenters.